The molecule has 0 nitrogen and oxygen atoms in total. The third kappa shape index (κ3) is 1.98. The van der Waals surface area contributed by atoms with Crippen molar-refractivity contribution in [1.29, 1.82) is 0 Å². The predicted molar refractivity (Wildman–Crippen MR) is 64.3 cm³/mol. The van der Waals surface area contributed by atoms with Crippen molar-refractivity contribution in [3.05, 3.63) is 42.7 Å². The maximum atomic E-state index is 2.37. The van der Waals surface area contributed by atoms with Crippen LogP contribution in [0.25, 0.3) is 0 Å². The molecule has 0 aliphatic heterocycles. The van der Waals surface area contributed by atoms with Gasteiger partial charge in [-0.05, 0) is 0 Å². The quantitative estimate of drug-likeness (QED) is 0.623. The van der Waals surface area contributed by atoms with E-state index in [2.05, 4.69) is 45.9 Å². The van der Waals surface area contributed by atoms with Crippen molar-refractivity contribution >= 4 is 0 Å². The van der Waals surface area contributed by atoms with E-state index >= 15 is 0 Å². The van der Waals surface area contributed by atoms with Crippen molar-refractivity contribution in [2.45, 2.75) is 34.1 Å². The molecule has 0 saturated carbocycles. The van der Waals surface area contributed by atoms with Crippen LogP contribution in [-0.4, -0.2) is 0 Å². The molecule has 0 heterocycles. The van der Waals surface area contributed by atoms with E-state index in [1.54, 1.807) is 24.5 Å². The van der Waals surface area contributed by atoms with Gasteiger partial charge in [0.1, 0.15) is 0 Å². The van der Waals surface area contributed by atoms with Crippen LogP contribution in [0.2, 0.25) is 0 Å². The maximum Gasteiger partial charge on any atom is -1.00 e. The van der Waals surface area contributed by atoms with Crippen LogP contribution in [0.5, 0.6) is 0 Å². The monoisotopic (exact) mass is 236 g/mol. The second-order valence-electron chi connectivity index (χ2n) is 4.52. The molecule has 2 aliphatic rings. The molecular formula is C14H20Ti. The normalized spacial score (nSPS) is 25.1. The molecule has 1 heteroatoms. The first-order valence-corrected chi connectivity index (χ1v) is 7.18. The maximum absolute atomic E-state index is 2.37. The van der Waals surface area contributed by atoms with Gasteiger partial charge in [-0.15, -0.1) is 0 Å². The summed E-state index contributed by atoms with van der Waals surface area (Å²) >= 11 is -0.0244. The smallest absolute Gasteiger partial charge is 1.00 e. The third-order valence-electron chi connectivity index (χ3n) is 3.71. The Morgan fingerprint density at radius 1 is 1.27 bits per heavy atom. The van der Waals surface area contributed by atoms with Gasteiger partial charge in [0.25, 0.3) is 0 Å². The van der Waals surface area contributed by atoms with Gasteiger partial charge in [0, 0.05) is 0 Å². The summed E-state index contributed by atoms with van der Waals surface area (Å²) in [5.74, 6) is 0.714. The fourth-order valence-electron chi connectivity index (χ4n) is 2.28. The fourth-order valence-corrected chi connectivity index (χ4v) is 4.70. The second kappa shape index (κ2) is 4.27. The molecular weight excluding hydrogens is 216 g/mol. The van der Waals surface area contributed by atoms with E-state index in [0.29, 0.717) is 5.92 Å². The Balaban J connectivity index is 0.00000128. The summed E-state index contributed by atoms with van der Waals surface area (Å²) in [4.78, 5) is 0. The van der Waals surface area contributed by atoms with Gasteiger partial charge in [0.05, 0.1) is 0 Å². The Kier molecular flexibility index (Phi) is 3.18. The van der Waals surface area contributed by atoms with Crippen LogP contribution in [0.4, 0.5) is 0 Å². The number of rotatable bonds is 2. The van der Waals surface area contributed by atoms with E-state index in [-0.39, 0.29) is 22.0 Å². The third-order valence-corrected chi connectivity index (χ3v) is 6.47. The first kappa shape index (κ1) is 11.2. The minimum absolute atomic E-state index is 0. The van der Waals surface area contributed by atoms with Gasteiger partial charge < -0.3 is 2.85 Å². The van der Waals surface area contributed by atoms with Crippen LogP contribution in [0, 0.1) is 5.92 Å². The van der Waals surface area contributed by atoms with Crippen LogP contribution in [0.1, 0.15) is 37.0 Å². The molecule has 0 N–H and O–H groups in total. The Hall–Kier alpha value is -0.326. The van der Waals surface area contributed by atoms with Gasteiger partial charge in [-0.1, -0.05) is 0 Å². The van der Waals surface area contributed by atoms with E-state index in [1.807, 2.05) is 0 Å². The molecule has 15 heavy (non-hydrogen) atoms. The summed E-state index contributed by atoms with van der Waals surface area (Å²) < 4.78 is 3.46. The molecule has 2 aliphatic carbocycles. The summed E-state index contributed by atoms with van der Waals surface area (Å²) in [6.07, 6.45) is 8.03. The molecule has 0 aromatic heterocycles. The molecule has 0 bridgehead atoms. The van der Waals surface area contributed by atoms with Gasteiger partial charge >= 0.3 is 102 Å². The summed E-state index contributed by atoms with van der Waals surface area (Å²) in [6, 6.07) is 0. The molecule has 0 saturated heterocycles. The van der Waals surface area contributed by atoms with Crippen molar-refractivity contribution in [2.24, 2.45) is 5.92 Å². The minimum atomic E-state index is -0.0244. The Morgan fingerprint density at radius 3 is 2.47 bits per heavy atom. The average Bonchev–Trinajstić information content (AvgIpc) is 2.79. The Bertz CT molecular complexity index is 414. The largest absolute Gasteiger partial charge is 1.00 e. The molecule has 0 radical (unpaired) electrons. The standard InChI is InChI=1S/C9H13.C5H5.Ti.2H/c1-6-5-7(2)9(4)8(6)3;1-2-4-5-3-1;;;/h6H,1-4H3;1-3H,4H2;;;/q;;+2;2*-1. The SMILES string of the molecule is CC1=C(C)C(C)[C]([Ti+2][C]2=CC=CC2)=C1C.[H-].[H-]. The van der Waals surface area contributed by atoms with Crippen LogP contribution < -0.4 is 0 Å². The van der Waals surface area contributed by atoms with Crippen molar-refractivity contribution in [1.82, 2.24) is 0 Å². The summed E-state index contributed by atoms with van der Waals surface area (Å²) in [5, 5.41) is 0. The van der Waals surface area contributed by atoms with Gasteiger partial charge in [0.2, 0.25) is 0 Å². The number of allylic oxidation sites excluding steroid dienone is 8. The van der Waals surface area contributed by atoms with E-state index in [4.69, 9.17) is 0 Å². The van der Waals surface area contributed by atoms with Crippen LogP contribution in [0.15, 0.2) is 42.7 Å². The molecule has 1 atom stereocenters. The first-order chi connectivity index (χ1) is 7.11. The van der Waals surface area contributed by atoms with Crippen LogP contribution in [0.3, 0.4) is 0 Å². The van der Waals surface area contributed by atoms with Crippen molar-refractivity contribution in [3.63, 3.8) is 0 Å². The van der Waals surface area contributed by atoms with E-state index < -0.39 is 0 Å². The zero-order valence-electron chi connectivity index (χ0n) is 12.0. The average molecular weight is 236 g/mol. The Morgan fingerprint density at radius 2 is 2.00 bits per heavy atom. The molecule has 0 spiro atoms. The van der Waals surface area contributed by atoms with Crippen molar-refractivity contribution in [3.8, 4) is 0 Å². The summed E-state index contributed by atoms with van der Waals surface area (Å²) in [5.41, 5.74) is 4.73. The molecule has 0 aromatic rings. The van der Waals surface area contributed by atoms with E-state index in [0.717, 1.165) is 0 Å². The van der Waals surface area contributed by atoms with Crippen molar-refractivity contribution in [2.75, 3.05) is 0 Å². The molecule has 0 fully saturated rings. The van der Waals surface area contributed by atoms with Crippen LogP contribution >= 0.6 is 0 Å². The minimum Gasteiger partial charge on any atom is -1.00 e. The van der Waals surface area contributed by atoms with E-state index in [1.165, 1.54) is 6.42 Å². The second-order valence-corrected chi connectivity index (χ2v) is 6.75. The zero-order chi connectivity index (χ0) is 11.0. The van der Waals surface area contributed by atoms with Crippen molar-refractivity contribution < 1.29 is 22.0 Å². The first-order valence-electron chi connectivity index (χ1n) is 5.62. The zero-order valence-corrected chi connectivity index (χ0v) is 11.6. The summed E-state index contributed by atoms with van der Waals surface area (Å²) in [6.45, 7) is 9.26. The fraction of sp³-hybridized carbons (Fsp3) is 0.429. The topological polar surface area (TPSA) is 0 Å². The molecule has 2 rings (SSSR count). The van der Waals surface area contributed by atoms with Gasteiger partial charge in [0.15, 0.2) is 0 Å². The number of hydrogen-bond acceptors (Lipinski definition) is 0. The molecule has 0 amide bonds. The molecule has 0 aromatic carbocycles. The van der Waals surface area contributed by atoms with Crippen LogP contribution in [-0.2, 0) is 19.2 Å². The van der Waals surface area contributed by atoms with Gasteiger partial charge in [-0.2, -0.15) is 0 Å². The van der Waals surface area contributed by atoms with Gasteiger partial charge in [-0.3, -0.25) is 0 Å². The summed E-state index contributed by atoms with van der Waals surface area (Å²) in [7, 11) is 0. The van der Waals surface area contributed by atoms with E-state index in [9.17, 15) is 0 Å². The predicted octanol–water partition coefficient (Wildman–Crippen LogP) is 4.40. The van der Waals surface area contributed by atoms with Gasteiger partial charge in [-0.25, -0.2) is 0 Å². The molecule has 1 unspecified atom stereocenters. The number of hydrogen-bond donors (Lipinski definition) is 0. The molecule has 80 valence electrons. The Labute approximate surface area is 105 Å².